The van der Waals surface area contributed by atoms with E-state index in [0.717, 1.165) is 17.8 Å². The molecular formula is C20H17F3N8O. The average molecular weight is 442 g/mol. The lowest BCUT2D eigenvalue weighted by molar-refractivity contribution is -0.141. The number of halogens is 3. The SMILES string of the molecule is Cn1nc2c(C(=O)NCc3ccnc(C(F)(F)F)c3)ncnc2c1NCc1ccncc1. The zero-order chi connectivity index (χ0) is 22.7. The molecule has 1 amide bonds. The smallest absolute Gasteiger partial charge is 0.364 e. The molecular weight excluding hydrogens is 425 g/mol. The molecule has 4 aromatic rings. The quantitative estimate of drug-likeness (QED) is 0.472. The molecule has 0 bridgehead atoms. The molecule has 0 saturated carbocycles. The Bertz CT molecular complexity index is 1260. The third kappa shape index (κ3) is 4.48. The number of aryl methyl sites for hydroxylation is 1. The van der Waals surface area contributed by atoms with E-state index in [-0.39, 0.29) is 23.3 Å². The summed E-state index contributed by atoms with van der Waals surface area (Å²) in [4.78, 5) is 28.2. The number of hydrogen-bond acceptors (Lipinski definition) is 7. The highest BCUT2D eigenvalue weighted by atomic mass is 19.4. The van der Waals surface area contributed by atoms with E-state index in [2.05, 4.69) is 35.7 Å². The van der Waals surface area contributed by atoms with Crippen LogP contribution in [0.5, 0.6) is 0 Å². The van der Waals surface area contributed by atoms with Crippen LogP contribution in [-0.4, -0.2) is 35.6 Å². The maximum atomic E-state index is 12.8. The summed E-state index contributed by atoms with van der Waals surface area (Å²) in [5, 5.41) is 10.2. The van der Waals surface area contributed by atoms with Crippen molar-refractivity contribution in [2.24, 2.45) is 7.05 Å². The van der Waals surface area contributed by atoms with Crippen LogP contribution in [0.3, 0.4) is 0 Å². The first-order chi connectivity index (χ1) is 15.3. The van der Waals surface area contributed by atoms with E-state index in [1.165, 1.54) is 12.4 Å². The highest BCUT2D eigenvalue weighted by molar-refractivity contribution is 6.04. The molecule has 32 heavy (non-hydrogen) atoms. The van der Waals surface area contributed by atoms with Gasteiger partial charge in [0.1, 0.15) is 23.1 Å². The van der Waals surface area contributed by atoms with Gasteiger partial charge in [-0.25, -0.2) is 9.97 Å². The Morgan fingerprint density at radius 2 is 1.75 bits per heavy atom. The van der Waals surface area contributed by atoms with E-state index in [1.807, 2.05) is 12.1 Å². The van der Waals surface area contributed by atoms with Crippen molar-refractivity contribution in [3.63, 3.8) is 0 Å². The van der Waals surface area contributed by atoms with Crippen LogP contribution in [0.15, 0.2) is 49.2 Å². The summed E-state index contributed by atoms with van der Waals surface area (Å²) >= 11 is 0. The van der Waals surface area contributed by atoms with Gasteiger partial charge in [-0.1, -0.05) is 0 Å². The predicted molar refractivity (Wildman–Crippen MR) is 108 cm³/mol. The van der Waals surface area contributed by atoms with Gasteiger partial charge in [0.15, 0.2) is 11.5 Å². The monoisotopic (exact) mass is 442 g/mol. The Hall–Kier alpha value is -4.09. The molecule has 0 aliphatic carbocycles. The van der Waals surface area contributed by atoms with Crippen LogP contribution in [0.1, 0.15) is 27.3 Å². The first-order valence-electron chi connectivity index (χ1n) is 9.43. The highest BCUT2D eigenvalue weighted by Crippen LogP contribution is 2.27. The largest absolute Gasteiger partial charge is 0.433 e. The normalized spacial score (nSPS) is 11.5. The molecule has 164 valence electrons. The van der Waals surface area contributed by atoms with Gasteiger partial charge in [-0.15, -0.1) is 0 Å². The number of nitrogens with one attached hydrogen (secondary N) is 2. The number of fused-ring (bicyclic) bond motifs is 1. The second-order valence-corrected chi connectivity index (χ2v) is 6.83. The number of anilines is 1. The van der Waals surface area contributed by atoms with E-state index in [4.69, 9.17) is 0 Å². The molecule has 0 unspecified atom stereocenters. The average Bonchev–Trinajstić information content (AvgIpc) is 3.11. The molecule has 4 rings (SSSR count). The summed E-state index contributed by atoms with van der Waals surface area (Å²) < 4.78 is 40.0. The van der Waals surface area contributed by atoms with Crippen molar-refractivity contribution in [1.82, 2.24) is 35.0 Å². The molecule has 0 saturated heterocycles. The Labute approximate surface area is 179 Å². The second kappa shape index (κ2) is 8.57. The molecule has 0 spiro atoms. The van der Waals surface area contributed by atoms with Crippen molar-refractivity contribution >= 4 is 22.8 Å². The molecule has 4 heterocycles. The maximum Gasteiger partial charge on any atom is 0.433 e. The van der Waals surface area contributed by atoms with Crippen LogP contribution in [-0.2, 0) is 26.3 Å². The molecule has 0 aliphatic rings. The summed E-state index contributed by atoms with van der Waals surface area (Å²) in [6.07, 6.45) is 1.09. The number of aromatic nitrogens is 6. The fourth-order valence-electron chi connectivity index (χ4n) is 3.06. The van der Waals surface area contributed by atoms with Gasteiger partial charge in [0.05, 0.1) is 0 Å². The predicted octanol–water partition coefficient (Wildman–Crippen LogP) is 2.71. The van der Waals surface area contributed by atoms with Crippen LogP contribution in [0, 0.1) is 0 Å². The minimum absolute atomic E-state index is 0.0210. The van der Waals surface area contributed by atoms with E-state index in [0.29, 0.717) is 17.9 Å². The molecule has 9 nitrogen and oxygen atoms in total. The standard InChI is InChI=1S/C20H17F3N8O/c1-31-18(26-9-12-2-5-24-6-3-12)16-15(30-31)17(29-11-28-16)19(32)27-10-13-4-7-25-14(8-13)20(21,22)23/h2-8,11,26H,9-10H2,1H3,(H,27,32). The van der Waals surface area contributed by atoms with Crippen LogP contribution in [0.25, 0.3) is 11.0 Å². The van der Waals surface area contributed by atoms with E-state index < -0.39 is 17.8 Å². The lowest BCUT2D eigenvalue weighted by atomic mass is 10.2. The summed E-state index contributed by atoms with van der Waals surface area (Å²) in [6, 6.07) is 6.01. The fourth-order valence-corrected chi connectivity index (χ4v) is 3.06. The van der Waals surface area contributed by atoms with Gasteiger partial charge >= 0.3 is 6.18 Å². The number of nitrogens with zero attached hydrogens (tertiary/aromatic N) is 6. The van der Waals surface area contributed by atoms with Crippen LogP contribution in [0.4, 0.5) is 19.0 Å². The van der Waals surface area contributed by atoms with Gasteiger partial charge < -0.3 is 10.6 Å². The van der Waals surface area contributed by atoms with Crippen LogP contribution >= 0.6 is 0 Å². The Kier molecular flexibility index (Phi) is 5.67. The lowest BCUT2D eigenvalue weighted by Crippen LogP contribution is -2.24. The maximum absolute atomic E-state index is 12.8. The van der Waals surface area contributed by atoms with Gasteiger partial charge in [0.25, 0.3) is 5.91 Å². The van der Waals surface area contributed by atoms with Crippen molar-refractivity contribution in [2.75, 3.05) is 5.32 Å². The number of carbonyl (C=O) groups is 1. The lowest BCUT2D eigenvalue weighted by Gasteiger charge is -2.09. The van der Waals surface area contributed by atoms with Crippen molar-refractivity contribution < 1.29 is 18.0 Å². The van der Waals surface area contributed by atoms with Crippen LogP contribution < -0.4 is 10.6 Å². The van der Waals surface area contributed by atoms with Crippen molar-refractivity contribution in [2.45, 2.75) is 19.3 Å². The van der Waals surface area contributed by atoms with Gasteiger partial charge in [0, 0.05) is 38.7 Å². The van der Waals surface area contributed by atoms with Gasteiger partial charge in [-0.05, 0) is 35.4 Å². The second-order valence-electron chi connectivity index (χ2n) is 6.83. The highest BCUT2D eigenvalue weighted by Gasteiger charge is 2.32. The first kappa shape index (κ1) is 21.2. The van der Waals surface area contributed by atoms with Gasteiger partial charge in [-0.3, -0.25) is 19.4 Å². The van der Waals surface area contributed by atoms with Crippen LogP contribution in [0.2, 0.25) is 0 Å². The molecule has 4 aromatic heterocycles. The third-order valence-corrected chi connectivity index (χ3v) is 4.61. The minimum Gasteiger partial charge on any atom is -0.364 e. The summed E-state index contributed by atoms with van der Waals surface area (Å²) in [5.74, 6) is 0.0127. The molecule has 0 atom stereocenters. The molecule has 2 N–H and O–H groups in total. The number of rotatable bonds is 6. The number of hydrogen-bond donors (Lipinski definition) is 2. The summed E-state index contributed by atoms with van der Waals surface area (Å²) in [7, 11) is 1.70. The Morgan fingerprint density at radius 1 is 1.00 bits per heavy atom. The van der Waals surface area contributed by atoms with E-state index >= 15 is 0 Å². The fraction of sp³-hybridized carbons (Fsp3) is 0.200. The Morgan fingerprint density at radius 3 is 2.50 bits per heavy atom. The molecule has 0 aliphatic heterocycles. The molecule has 12 heteroatoms. The molecule has 0 radical (unpaired) electrons. The first-order valence-corrected chi connectivity index (χ1v) is 9.43. The van der Waals surface area contributed by atoms with Gasteiger partial charge in [-0.2, -0.15) is 18.3 Å². The number of amides is 1. The zero-order valence-electron chi connectivity index (χ0n) is 16.8. The van der Waals surface area contributed by atoms with Gasteiger partial charge in [0.2, 0.25) is 0 Å². The third-order valence-electron chi connectivity index (χ3n) is 4.61. The van der Waals surface area contributed by atoms with Crippen molar-refractivity contribution in [3.8, 4) is 0 Å². The Balaban J connectivity index is 1.52. The number of pyridine rings is 2. The minimum atomic E-state index is -4.56. The zero-order valence-corrected chi connectivity index (χ0v) is 16.8. The summed E-state index contributed by atoms with van der Waals surface area (Å²) in [5.41, 5.74) is 0.972. The number of alkyl halides is 3. The topological polar surface area (TPSA) is 111 Å². The molecule has 0 fully saturated rings. The van der Waals surface area contributed by atoms with E-state index in [1.54, 1.807) is 24.1 Å². The van der Waals surface area contributed by atoms with E-state index in [9.17, 15) is 18.0 Å². The number of carbonyl (C=O) groups excluding carboxylic acids is 1. The summed E-state index contributed by atoms with van der Waals surface area (Å²) in [6.45, 7) is 0.363. The molecule has 0 aromatic carbocycles. The van der Waals surface area contributed by atoms with Crippen molar-refractivity contribution in [3.05, 3.63) is 71.7 Å². The van der Waals surface area contributed by atoms with Crippen molar-refractivity contribution in [1.29, 1.82) is 0 Å².